The lowest BCUT2D eigenvalue weighted by Gasteiger charge is -2.70. The summed E-state index contributed by atoms with van der Waals surface area (Å²) in [4.78, 5) is 21.4. The van der Waals surface area contributed by atoms with Gasteiger partial charge in [0.05, 0.1) is 0 Å². The van der Waals surface area contributed by atoms with Crippen LogP contribution in [0.25, 0.3) is 0 Å². The molecule has 1 spiro atoms. The largest absolute Gasteiger partial charge is 0.424 e. The highest BCUT2D eigenvalue weighted by molar-refractivity contribution is 7.52. The zero-order valence-electron chi connectivity index (χ0n) is 17.0. The number of aryl methyl sites for hydroxylation is 1. The van der Waals surface area contributed by atoms with E-state index >= 15 is 0 Å². The molecular weight excluding hydrogens is 415 g/mol. The summed E-state index contributed by atoms with van der Waals surface area (Å²) in [6.07, 6.45) is 5.69. The normalized spacial score (nSPS) is 44.5. The lowest BCUT2D eigenvalue weighted by atomic mass is 9.46. The Morgan fingerprint density at radius 2 is 1.93 bits per heavy atom. The van der Waals surface area contributed by atoms with Crippen molar-refractivity contribution in [2.75, 3.05) is 13.8 Å². The van der Waals surface area contributed by atoms with E-state index in [1.807, 2.05) is 19.1 Å². The van der Waals surface area contributed by atoms with Crippen LogP contribution in [0.1, 0.15) is 50.2 Å². The molecule has 1 aromatic rings. The number of hydrogen-bond donors (Lipinski definition) is 1. The molecule has 4 aliphatic carbocycles. The van der Waals surface area contributed by atoms with E-state index < -0.39 is 19.0 Å². The molecule has 29 heavy (non-hydrogen) atoms. The summed E-state index contributed by atoms with van der Waals surface area (Å²) in [5.41, 5.74) is 1.02. The Kier molecular flexibility index (Phi) is 4.51. The molecule has 4 saturated carbocycles. The molecule has 4 unspecified atom stereocenters. The summed E-state index contributed by atoms with van der Waals surface area (Å²) in [7, 11) is -2.06. The zero-order valence-corrected chi connectivity index (χ0v) is 18.7. The van der Waals surface area contributed by atoms with Crippen molar-refractivity contribution in [3.05, 3.63) is 29.3 Å². The van der Waals surface area contributed by atoms with Gasteiger partial charge in [-0.15, -0.1) is 11.6 Å². The first-order valence-corrected chi connectivity index (χ1v) is 12.8. The number of ether oxygens (including phenoxy) is 1. The third-order valence-corrected chi connectivity index (χ3v) is 8.52. The van der Waals surface area contributed by atoms with Crippen LogP contribution in [0.15, 0.2) is 18.2 Å². The zero-order chi connectivity index (χ0) is 20.7. The van der Waals surface area contributed by atoms with Crippen molar-refractivity contribution in [1.29, 1.82) is 0 Å². The van der Waals surface area contributed by atoms with Gasteiger partial charge in [-0.3, -0.25) is 0 Å². The quantitative estimate of drug-likeness (QED) is 0.402. The smallest absolute Gasteiger partial charge is 0.373 e. The molecule has 6 nitrogen and oxygen atoms in total. The first-order valence-electron chi connectivity index (χ1n) is 10.4. The average molecular weight is 443 g/mol. The Morgan fingerprint density at radius 1 is 1.24 bits per heavy atom. The van der Waals surface area contributed by atoms with Gasteiger partial charge in [0, 0.05) is 24.2 Å². The van der Waals surface area contributed by atoms with Crippen LogP contribution >= 0.6 is 19.2 Å². The minimum atomic E-state index is -3.70. The van der Waals surface area contributed by atoms with Gasteiger partial charge in [-0.25, -0.2) is 9.45 Å². The van der Waals surface area contributed by atoms with Gasteiger partial charge in [0.1, 0.15) is 5.75 Å². The average Bonchev–Trinajstić information content (AvgIpc) is 2.59. The van der Waals surface area contributed by atoms with Gasteiger partial charge in [-0.2, -0.15) is 4.89 Å². The van der Waals surface area contributed by atoms with Gasteiger partial charge >= 0.3 is 7.60 Å². The number of rotatable bonds is 5. The van der Waals surface area contributed by atoms with E-state index in [0.29, 0.717) is 18.1 Å². The minimum Gasteiger partial charge on any atom is -0.424 e. The maximum Gasteiger partial charge on any atom is 0.373 e. The number of methoxy groups -OCH3 is 1. The first kappa shape index (κ1) is 20.3. The summed E-state index contributed by atoms with van der Waals surface area (Å²) < 4.78 is 23.4. The second kappa shape index (κ2) is 6.44. The summed E-state index contributed by atoms with van der Waals surface area (Å²) in [6.45, 7) is 3.17. The van der Waals surface area contributed by atoms with E-state index in [1.165, 1.54) is 6.66 Å². The van der Waals surface area contributed by atoms with E-state index in [9.17, 15) is 9.46 Å². The Labute approximate surface area is 176 Å². The predicted molar refractivity (Wildman–Crippen MR) is 108 cm³/mol. The molecule has 1 N–H and O–H groups in total. The lowest BCUT2D eigenvalue weighted by molar-refractivity contribution is -0.645. The standard InChI is InChI=1S/C21H28ClO6P/c1-4-14-5-6-15(9-18(14)26-29(3,23)24)21(25-2)20(27-28-21)16-7-13-8-17(20)12-19(22,10-13)11-16/h5-6,9,13,16-17H,4,7-8,10-12H2,1-3H3,(H,23,24). The molecule has 0 aromatic heterocycles. The van der Waals surface area contributed by atoms with Crippen LogP contribution in [-0.2, 0) is 31.3 Å². The molecule has 6 rings (SSSR count). The fraction of sp³-hybridized carbons (Fsp3) is 0.714. The van der Waals surface area contributed by atoms with Crippen molar-refractivity contribution in [2.45, 2.75) is 61.7 Å². The van der Waals surface area contributed by atoms with Crippen molar-refractivity contribution < 1.29 is 28.5 Å². The maximum atomic E-state index is 11.9. The van der Waals surface area contributed by atoms with Gasteiger partial charge in [0.25, 0.3) is 5.79 Å². The summed E-state index contributed by atoms with van der Waals surface area (Å²) in [5.74, 6) is 0.463. The Morgan fingerprint density at radius 3 is 2.41 bits per heavy atom. The topological polar surface area (TPSA) is 74.2 Å². The lowest BCUT2D eigenvalue weighted by Crippen LogP contribution is -2.78. The molecule has 1 aliphatic heterocycles. The van der Waals surface area contributed by atoms with Crippen LogP contribution in [0, 0.1) is 17.8 Å². The highest BCUT2D eigenvalue weighted by Gasteiger charge is 2.78. The first-order chi connectivity index (χ1) is 13.6. The molecule has 4 atom stereocenters. The monoisotopic (exact) mass is 442 g/mol. The molecule has 5 fully saturated rings. The summed E-state index contributed by atoms with van der Waals surface area (Å²) in [5, 5.41) is 0. The maximum absolute atomic E-state index is 11.9. The van der Waals surface area contributed by atoms with Gasteiger partial charge in [-0.1, -0.05) is 19.1 Å². The van der Waals surface area contributed by atoms with Crippen molar-refractivity contribution >= 4 is 19.2 Å². The third kappa shape index (κ3) is 2.80. The van der Waals surface area contributed by atoms with Gasteiger partial charge in [0.2, 0.25) is 0 Å². The van der Waals surface area contributed by atoms with Crippen LogP contribution in [0.2, 0.25) is 0 Å². The third-order valence-electron chi connectivity index (χ3n) is 7.52. The number of hydrogen-bond acceptors (Lipinski definition) is 5. The predicted octanol–water partition coefficient (Wildman–Crippen LogP) is 4.76. The molecule has 160 valence electrons. The molecule has 0 radical (unpaired) electrons. The number of halogens is 1. The van der Waals surface area contributed by atoms with Crippen molar-refractivity contribution in [3.8, 4) is 5.75 Å². The molecular formula is C21H28ClO6P. The van der Waals surface area contributed by atoms with E-state index in [1.54, 1.807) is 13.2 Å². The van der Waals surface area contributed by atoms with E-state index in [-0.39, 0.29) is 16.7 Å². The number of alkyl halides is 1. The number of benzene rings is 1. The molecule has 1 saturated heterocycles. The van der Waals surface area contributed by atoms with E-state index in [0.717, 1.165) is 43.2 Å². The van der Waals surface area contributed by atoms with E-state index in [2.05, 4.69) is 0 Å². The van der Waals surface area contributed by atoms with Crippen molar-refractivity contribution in [1.82, 2.24) is 0 Å². The molecule has 0 amide bonds. The van der Waals surface area contributed by atoms with Crippen molar-refractivity contribution in [3.63, 3.8) is 0 Å². The molecule has 4 bridgehead atoms. The second-order valence-electron chi connectivity index (χ2n) is 9.35. The van der Waals surface area contributed by atoms with Crippen LogP contribution in [0.5, 0.6) is 5.75 Å². The fourth-order valence-electron chi connectivity index (χ4n) is 6.66. The highest BCUT2D eigenvalue weighted by Crippen LogP contribution is 2.71. The second-order valence-corrected chi connectivity index (χ2v) is 11.9. The summed E-state index contributed by atoms with van der Waals surface area (Å²) in [6, 6.07) is 5.65. The van der Waals surface area contributed by atoms with Gasteiger partial charge in [-0.05, 0) is 67.9 Å². The molecule has 5 aliphatic rings. The fourth-order valence-corrected chi connectivity index (χ4v) is 7.79. The van der Waals surface area contributed by atoms with Crippen LogP contribution in [0.3, 0.4) is 0 Å². The van der Waals surface area contributed by atoms with Crippen LogP contribution < -0.4 is 4.52 Å². The molecule has 1 heterocycles. The Hall–Kier alpha value is -0.620. The van der Waals surface area contributed by atoms with Crippen molar-refractivity contribution in [2.24, 2.45) is 17.8 Å². The SMILES string of the molecule is CCc1ccc(C2(OC)OOC23C2CC4CC3CC(Cl)(C4)C2)cc1OP(C)(=O)O. The Bertz CT molecular complexity index is 864. The molecule has 8 heteroatoms. The molecule has 1 aromatic carbocycles. The summed E-state index contributed by atoms with van der Waals surface area (Å²) >= 11 is 6.94. The van der Waals surface area contributed by atoms with Gasteiger partial charge < -0.3 is 14.2 Å². The highest BCUT2D eigenvalue weighted by atomic mass is 35.5. The Balaban J connectivity index is 1.58. The minimum absolute atomic E-state index is 0.133. The van der Waals surface area contributed by atoms with Gasteiger partial charge in [0.15, 0.2) is 5.60 Å². The van der Waals surface area contributed by atoms with Crippen LogP contribution in [0.4, 0.5) is 0 Å². The van der Waals surface area contributed by atoms with Crippen LogP contribution in [-0.4, -0.2) is 29.1 Å². The van der Waals surface area contributed by atoms with E-state index in [4.69, 9.17) is 30.6 Å².